The van der Waals surface area contributed by atoms with Crippen molar-refractivity contribution in [2.45, 2.75) is 51.7 Å². The molecular formula is C21H26O3. The van der Waals surface area contributed by atoms with Gasteiger partial charge in [-0.1, -0.05) is 43.7 Å². The van der Waals surface area contributed by atoms with E-state index in [1.165, 1.54) is 0 Å². The van der Waals surface area contributed by atoms with E-state index in [9.17, 15) is 15.3 Å². The zero-order valence-corrected chi connectivity index (χ0v) is 14.4. The third kappa shape index (κ3) is 4.72. The largest absolute Gasteiger partial charge is 0.507 e. The Balaban J connectivity index is 2.22. The molecule has 0 saturated carbocycles. The van der Waals surface area contributed by atoms with E-state index in [4.69, 9.17) is 0 Å². The molecule has 0 unspecified atom stereocenters. The second kappa shape index (κ2) is 8.70. The average molecular weight is 326 g/mol. The smallest absolute Gasteiger partial charge is 0.123 e. The summed E-state index contributed by atoms with van der Waals surface area (Å²) < 4.78 is 0. The average Bonchev–Trinajstić information content (AvgIpc) is 2.55. The molecule has 128 valence electrons. The van der Waals surface area contributed by atoms with Crippen molar-refractivity contribution >= 4 is 10.8 Å². The fourth-order valence-corrected chi connectivity index (χ4v) is 2.93. The van der Waals surface area contributed by atoms with Crippen molar-refractivity contribution in [3.63, 3.8) is 0 Å². The van der Waals surface area contributed by atoms with Gasteiger partial charge in [0, 0.05) is 18.2 Å². The maximum Gasteiger partial charge on any atom is 0.123 e. The van der Waals surface area contributed by atoms with Crippen LogP contribution in [0.15, 0.2) is 53.8 Å². The molecule has 2 aromatic carbocycles. The summed E-state index contributed by atoms with van der Waals surface area (Å²) in [6, 6.07) is 10.9. The van der Waals surface area contributed by atoms with Gasteiger partial charge in [-0.05, 0) is 42.0 Å². The minimum absolute atomic E-state index is 0.221. The molecule has 0 fully saturated rings. The second-order valence-corrected chi connectivity index (χ2v) is 6.23. The Hall–Kier alpha value is -2.06. The van der Waals surface area contributed by atoms with Crippen LogP contribution in [0, 0.1) is 0 Å². The first-order valence-corrected chi connectivity index (χ1v) is 8.52. The minimum atomic E-state index is -0.655. The van der Waals surface area contributed by atoms with E-state index >= 15 is 0 Å². The molecule has 0 heterocycles. The number of phenolic OH excluding ortho intramolecular Hbond substituents is 1. The van der Waals surface area contributed by atoms with Crippen LogP contribution in [0.4, 0.5) is 0 Å². The third-order valence-electron chi connectivity index (χ3n) is 4.03. The fraction of sp³-hybridized carbons (Fsp3) is 0.381. The maximum absolute atomic E-state index is 10.5. The van der Waals surface area contributed by atoms with Gasteiger partial charge in [0.2, 0.25) is 0 Å². The van der Waals surface area contributed by atoms with Crippen LogP contribution in [0.5, 0.6) is 5.75 Å². The van der Waals surface area contributed by atoms with Crippen molar-refractivity contribution < 1.29 is 15.3 Å². The molecule has 2 rings (SSSR count). The van der Waals surface area contributed by atoms with Crippen molar-refractivity contribution in [1.82, 2.24) is 0 Å². The van der Waals surface area contributed by atoms with Crippen LogP contribution in [0.2, 0.25) is 0 Å². The molecule has 0 bridgehead atoms. The lowest BCUT2D eigenvalue weighted by molar-refractivity contribution is 0.183. The summed E-state index contributed by atoms with van der Waals surface area (Å²) in [4.78, 5) is 0. The summed E-state index contributed by atoms with van der Waals surface area (Å²) in [5.41, 5.74) is 5.11. The molecule has 0 radical (unpaired) electrons. The van der Waals surface area contributed by atoms with Crippen molar-refractivity contribution in [2.75, 3.05) is 0 Å². The number of rotatable bonds is 7. The number of phenols is 1. The molecule has 0 aliphatic carbocycles. The Bertz CT molecular complexity index is 740. The zero-order valence-electron chi connectivity index (χ0n) is 14.4. The highest BCUT2D eigenvalue weighted by Gasteiger charge is 2.11. The highest BCUT2D eigenvalue weighted by Crippen LogP contribution is 2.32. The summed E-state index contributed by atoms with van der Waals surface area (Å²) >= 11 is 0. The summed E-state index contributed by atoms with van der Waals surface area (Å²) in [6.45, 7) is 3.87. The molecule has 3 heteroatoms. The molecule has 3 N–H and O–H groups in total. The zero-order chi connectivity index (χ0) is 17.5. The van der Waals surface area contributed by atoms with E-state index in [2.05, 4.69) is 12.7 Å². The van der Waals surface area contributed by atoms with Gasteiger partial charge in [-0.25, -0.2) is 0 Å². The molecule has 2 atom stereocenters. The first kappa shape index (κ1) is 18.3. The predicted molar refractivity (Wildman–Crippen MR) is 98.0 cm³/mol. The lowest BCUT2D eigenvalue weighted by Crippen LogP contribution is -2.01. The first-order chi connectivity index (χ1) is 11.5. The molecule has 0 spiro atoms. The quantitative estimate of drug-likeness (QED) is 0.651. The molecular weight excluding hydrogens is 300 g/mol. The van der Waals surface area contributed by atoms with Gasteiger partial charge in [-0.3, -0.25) is 0 Å². The van der Waals surface area contributed by atoms with Gasteiger partial charge in [0.15, 0.2) is 0 Å². The van der Waals surface area contributed by atoms with Gasteiger partial charge >= 0.3 is 0 Å². The SMILES string of the molecule is CCCC(=C=CC[C@@H](O)c1ccc(O)c2ccccc12)C[C@H](C)O. The maximum atomic E-state index is 10.5. The molecule has 24 heavy (non-hydrogen) atoms. The van der Waals surface area contributed by atoms with Gasteiger partial charge in [0.1, 0.15) is 5.75 Å². The molecule has 0 amide bonds. The number of benzene rings is 2. The summed E-state index contributed by atoms with van der Waals surface area (Å²) in [6.07, 6.45) is 3.79. The Labute approximate surface area is 143 Å². The van der Waals surface area contributed by atoms with Crippen LogP contribution in [-0.4, -0.2) is 21.4 Å². The van der Waals surface area contributed by atoms with E-state index in [1.54, 1.807) is 19.1 Å². The topological polar surface area (TPSA) is 60.7 Å². The Morgan fingerprint density at radius 3 is 2.50 bits per heavy atom. The summed E-state index contributed by atoms with van der Waals surface area (Å²) in [7, 11) is 0. The van der Waals surface area contributed by atoms with Crippen LogP contribution in [0.1, 0.15) is 51.2 Å². The Morgan fingerprint density at radius 2 is 1.83 bits per heavy atom. The van der Waals surface area contributed by atoms with Gasteiger partial charge in [0.05, 0.1) is 12.2 Å². The number of hydrogen-bond acceptors (Lipinski definition) is 3. The van der Waals surface area contributed by atoms with Crippen molar-refractivity contribution in [2.24, 2.45) is 0 Å². The van der Waals surface area contributed by atoms with Crippen molar-refractivity contribution in [3.8, 4) is 5.75 Å². The van der Waals surface area contributed by atoms with Crippen LogP contribution in [-0.2, 0) is 0 Å². The monoisotopic (exact) mass is 326 g/mol. The van der Waals surface area contributed by atoms with Gasteiger partial charge < -0.3 is 15.3 Å². The van der Waals surface area contributed by atoms with Crippen LogP contribution < -0.4 is 0 Å². The second-order valence-electron chi connectivity index (χ2n) is 6.23. The molecule has 0 saturated heterocycles. The van der Waals surface area contributed by atoms with Crippen molar-refractivity contribution in [1.29, 1.82) is 0 Å². The van der Waals surface area contributed by atoms with Gasteiger partial charge in [-0.15, -0.1) is 5.73 Å². The molecule has 0 aromatic heterocycles. The van der Waals surface area contributed by atoms with Crippen LogP contribution >= 0.6 is 0 Å². The standard InChI is InChI=1S/C21H26O3/c1-3-7-16(14-15(2)22)8-6-11-20(23)19-12-13-21(24)18-10-5-4-9-17(18)19/h4-6,9-10,12-13,15,20,22-24H,3,7,11,14H2,1-2H3/t8?,15-,20+/m0/s1. The summed E-state index contributed by atoms with van der Waals surface area (Å²) in [5.74, 6) is 0.221. The normalized spacial score (nSPS) is 13.3. The number of aromatic hydroxyl groups is 1. The van der Waals surface area contributed by atoms with Crippen molar-refractivity contribution in [3.05, 3.63) is 59.3 Å². The first-order valence-electron chi connectivity index (χ1n) is 8.52. The minimum Gasteiger partial charge on any atom is -0.507 e. The Morgan fingerprint density at radius 1 is 1.12 bits per heavy atom. The van der Waals surface area contributed by atoms with E-state index in [0.29, 0.717) is 12.8 Å². The highest BCUT2D eigenvalue weighted by molar-refractivity contribution is 5.91. The molecule has 2 aromatic rings. The van der Waals surface area contributed by atoms with E-state index in [-0.39, 0.29) is 11.9 Å². The van der Waals surface area contributed by atoms with Gasteiger partial charge in [-0.2, -0.15) is 0 Å². The highest BCUT2D eigenvalue weighted by atomic mass is 16.3. The van der Waals surface area contributed by atoms with Crippen LogP contribution in [0.25, 0.3) is 10.8 Å². The third-order valence-corrected chi connectivity index (χ3v) is 4.03. The number of aliphatic hydroxyl groups excluding tert-OH is 2. The number of fused-ring (bicyclic) bond motifs is 1. The molecule has 0 aliphatic rings. The number of aliphatic hydroxyl groups is 2. The van der Waals surface area contributed by atoms with E-state index in [1.807, 2.05) is 30.3 Å². The predicted octanol–water partition coefficient (Wildman–Crippen LogP) is 4.62. The van der Waals surface area contributed by atoms with Gasteiger partial charge in [0.25, 0.3) is 0 Å². The summed E-state index contributed by atoms with van der Waals surface area (Å²) in [5, 5.41) is 31.6. The lowest BCUT2D eigenvalue weighted by Gasteiger charge is -2.12. The lowest BCUT2D eigenvalue weighted by atomic mass is 9.97. The van der Waals surface area contributed by atoms with E-state index in [0.717, 1.165) is 34.8 Å². The fourth-order valence-electron chi connectivity index (χ4n) is 2.93. The Kier molecular flexibility index (Phi) is 6.62. The molecule has 3 nitrogen and oxygen atoms in total. The molecule has 0 aliphatic heterocycles. The number of hydrogen-bond donors (Lipinski definition) is 3. The van der Waals surface area contributed by atoms with E-state index < -0.39 is 6.10 Å². The van der Waals surface area contributed by atoms with Crippen LogP contribution in [0.3, 0.4) is 0 Å².